The number of amides is 1. The van der Waals surface area contributed by atoms with Gasteiger partial charge in [0.15, 0.2) is 0 Å². The third-order valence-electron chi connectivity index (χ3n) is 4.61. The van der Waals surface area contributed by atoms with Crippen LogP contribution in [-0.2, 0) is 5.75 Å². The van der Waals surface area contributed by atoms with Gasteiger partial charge in [0.05, 0.1) is 13.2 Å². The molecule has 0 saturated heterocycles. The molecule has 1 amide bonds. The van der Waals surface area contributed by atoms with Gasteiger partial charge in [0.1, 0.15) is 5.75 Å². The van der Waals surface area contributed by atoms with Crippen LogP contribution in [0.3, 0.4) is 0 Å². The first-order valence-electron chi connectivity index (χ1n) is 9.28. The monoisotopic (exact) mass is 391 g/mol. The van der Waals surface area contributed by atoms with Crippen LogP contribution < -0.4 is 10.1 Å². The van der Waals surface area contributed by atoms with Gasteiger partial charge in [-0.2, -0.15) is 0 Å². The van der Waals surface area contributed by atoms with Crippen molar-refractivity contribution < 1.29 is 9.53 Å². The lowest BCUT2D eigenvalue weighted by Crippen LogP contribution is -2.26. The summed E-state index contributed by atoms with van der Waals surface area (Å²) in [5, 5.41) is 3.05. The lowest BCUT2D eigenvalue weighted by molar-refractivity contribution is 0.0940. The molecule has 1 unspecified atom stereocenters. The van der Waals surface area contributed by atoms with Crippen LogP contribution in [0, 0.1) is 6.92 Å². The molecule has 3 aromatic carbocycles. The van der Waals surface area contributed by atoms with Gasteiger partial charge in [0, 0.05) is 16.2 Å². The summed E-state index contributed by atoms with van der Waals surface area (Å²) >= 11 is 1.80. The van der Waals surface area contributed by atoms with Gasteiger partial charge >= 0.3 is 0 Å². The molecule has 0 aliphatic carbocycles. The highest BCUT2D eigenvalue weighted by atomic mass is 32.2. The lowest BCUT2D eigenvalue weighted by Gasteiger charge is -2.15. The molecule has 0 aliphatic rings. The van der Waals surface area contributed by atoms with Crippen molar-refractivity contribution in [1.29, 1.82) is 0 Å². The maximum absolute atomic E-state index is 12.5. The maximum atomic E-state index is 12.5. The van der Waals surface area contributed by atoms with E-state index in [0.717, 1.165) is 17.1 Å². The number of carbonyl (C=O) groups is 1. The Kier molecular flexibility index (Phi) is 6.77. The van der Waals surface area contributed by atoms with E-state index in [1.165, 1.54) is 16.0 Å². The first-order chi connectivity index (χ1) is 13.5. The molecule has 4 heteroatoms. The summed E-state index contributed by atoms with van der Waals surface area (Å²) in [6, 6.07) is 24.0. The molecular weight excluding hydrogens is 366 g/mol. The van der Waals surface area contributed by atoms with Crippen LogP contribution in [-0.4, -0.2) is 13.0 Å². The Labute approximate surface area is 171 Å². The van der Waals surface area contributed by atoms with Gasteiger partial charge in [0.25, 0.3) is 5.91 Å². The standard InChI is InChI=1S/C24H25NO2S/c1-17-4-14-23(15-5-17)28-16-19-6-8-21(9-7-19)24(26)25-18(2)20-10-12-22(27-3)13-11-20/h4-15,18H,16H2,1-3H3,(H,25,26). The Morgan fingerprint density at radius 3 is 2.21 bits per heavy atom. The fourth-order valence-electron chi connectivity index (χ4n) is 2.81. The number of hydrogen-bond donors (Lipinski definition) is 1. The minimum atomic E-state index is -0.0739. The summed E-state index contributed by atoms with van der Waals surface area (Å²) in [6.07, 6.45) is 0. The Morgan fingerprint density at radius 1 is 0.964 bits per heavy atom. The van der Waals surface area contributed by atoms with Crippen molar-refractivity contribution in [2.75, 3.05) is 7.11 Å². The molecule has 0 radical (unpaired) electrons. The summed E-state index contributed by atoms with van der Waals surface area (Å²) < 4.78 is 5.17. The van der Waals surface area contributed by atoms with Crippen molar-refractivity contribution in [2.45, 2.75) is 30.5 Å². The van der Waals surface area contributed by atoms with Crippen LogP contribution in [0.1, 0.15) is 40.0 Å². The van der Waals surface area contributed by atoms with E-state index in [0.29, 0.717) is 5.56 Å². The minimum Gasteiger partial charge on any atom is -0.497 e. The van der Waals surface area contributed by atoms with Crippen molar-refractivity contribution in [2.24, 2.45) is 0 Å². The second-order valence-electron chi connectivity index (χ2n) is 6.77. The number of aryl methyl sites for hydroxylation is 1. The smallest absolute Gasteiger partial charge is 0.251 e. The highest BCUT2D eigenvalue weighted by Crippen LogP contribution is 2.23. The lowest BCUT2D eigenvalue weighted by atomic mass is 10.1. The van der Waals surface area contributed by atoms with E-state index in [1.807, 2.05) is 55.5 Å². The summed E-state index contributed by atoms with van der Waals surface area (Å²) in [5.74, 6) is 1.62. The maximum Gasteiger partial charge on any atom is 0.251 e. The number of nitrogens with one attached hydrogen (secondary N) is 1. The van der Waals surface area contributed by atoms with Crippen LogP contribution in [0.15, 0.2) is 77.7 Å². The van der Waals surface area contributed by atoms with E-state index in [-0.39, 0.29) is 11.9 Å². The Balaban J connectivity index is 1.55. The van der Waals surface area contributed by atoms with E-state index in [2.05, 4.69) is 36.5 Å². The predicted octanol–water partition coefficient (Wildman–Crippen LogP) is 5.79. The number of hydrogen-bond acceptors (Lipinski definition) is 3. The van der Waals surface area contributed by atoms with Crippen LogP contribution in [0.2, 0.25) is 0 Å². The number of thioether (sulfide) groups is 1. The molecule has 0 fully saturated rings. The first-order valence-corrected chi connectivity index (χ1v) is 10.3. The average molecular weight is 392 g/mol. The second-order valence-corrected chi connectivity index (χ2v) is 7.82. The average Bonchev–Trinajstić information content (AvgIpc) is 2.73. The molecule has 1 N–H and O–H groups in total. The predicted molar refractivity (Wildman–Crippen MR) is 116 cm³/mol. The quantitative estimate of drug-likeness (QED) is 0.518. The van der Waals surface area contributed by atoms with Gasteiger partial charge < -0.3 is 10.1 Å². The topological polar surface area (TPSA) is 38.3 Å². The van der Waals surface area contributed by atoms with E-state index in [1.54, 1.807) is 18.9 Å². The summed E-state index contributed by atoms with van der Waals surface area (Å²) in [6.45, 7) is 4.07. The molecule has 3 rings (SSSR count). The molecule has 3 nitrogen and oxygen atoms in total. The first kappa shape index (κ1) is 20.0. The van der Waals surface area contributed by atoms with E-state index < -0.39 is 0 Å². The number of benzene rings is 3. The van der Waals surface area contributed by atoms with E-state index in [9.17, 15) is 4.79 Å². The van der Waals surface area contributed by atoms with Crippen molar-refractivity contribution in [3.05, 3.63) is 95.1 Å². The zero-order chi connectivity index (χ0) is 19.9. The molecule has 144 valence electrons. The zero-order valence-electron chi connectivity index (χ0n) is 16.4. The number of methoxy groups -OCH3 is 1. The van der Waals surface area contributed by atoms with Crippen molar-refractivity contribution in [3.63, 3.8) is 0 Å². The number of ether oxygens (including phenoxy) is 1. The largest absolute Gasteiger partial charge is 0.497 e. The Hall–Kier alpha value is -2.72. The van der Waals surface area contributed by atoms with Crippen LogP contribution in [0.25, 0.3) is 0 Å². The molecule has 0 spiro atoms. The third-order valence-corrected chi connectivity index (χ3v) is 5.69. The third kappa shape index (κ3) is 5.40. The summed E-state index contributed by atoms with van der Waals surface area (Å²) in [7, 11) is 1.64. The van der Waals surface area contributed by atoms with Gasteiger partial charge in [-0.3, -0.25) is 4.79 Å². The van der Waals surface area contributed by atoms with Gasteiger partial charge in [-0.1, -0.05) is 42.0 Å². The van der Waals surface area contributed by atoms with Gasteiger partial charge in [0.2, 0.25) is 0 Å². The SMILES string of the molecule is COc1ccc(C(C)NC(=O)c2ccc(CSc3ccc(C)cc3)cc2)cc1. The zero-order valence-corrected chi connectivity index (χ0v) is 17.3. The molecule has 0 aromatic heterocycles. The molecule has 0 aliphatic heterocycles. The fraction of sp³-hybridized carbons (Fsp3) is 0.208. The normalized spacial score (nSPS) is 11.7. The van der Waals surface area contributed by atoms with E-state index >= 15 is 0 Å². The van der Waals surface area contributed by atoms with Crippen molar-refractivity contribution in [3.8, 4) is 5.75 Å². The summed E-state index contributed by atoms with van der Waals surface area (Å²) in [4.78, 5) is 13.8. The van der Waals surface area contributed by atoms with E-state index in [4.69, 9.17) is 4.74 Å². The Morgan fingerprint density at radius 2 is 1.61 bits per heavy atom. The minimum absolute atomic E-state index is 0.0685. The molecule has 1 atom stereocenters. The number of rotatable bonds is 7. The molecule has 0 heterocycles. The molecule has 0 saturated carbocycles. The fourth-order valence-corrected chi connectivity index (χ4v) is 3.66. The highest BCUT2D eigenvalue weighted by Gasteiger charge is 2.11. The molecular formula is C24H25NO2S. The molecule has 28 heavy (non-hydrogen) atoms. The van der Waals surface area contributed by atoms with Crippen LogP contribution in [0.5, 0.6) is 5.75 Å². The van der Waals surface area contributed by atoms with Crippen LogP contribution >= 0.6 is 11.8 Å². The molecule has 3 aromatic rings. The van der Waals surface area contributed by atoms with Crippen molar-refractivity contribution >= 4 is 17.7 Å². The highest BCUT2D eigenvalue weighted by molar-refractivity contribution is 7.98. The second kappa shape index (κ2) is 9.47. The summed E-state index contributed by atoms with van der Waals surface area (Å²) in [5.41, 5.74) is 4.18. The number of carbonyl (C=O) groups excluding carboxylic acids is 1. The van der Waals surface area contributed by atoms with Gasteiger partial charge in [-0.15, -0.1) is 11.8 Å². The van der Waals surface area contributed by atoms with Gasteiger partial charge in [-0.25, -0.2) is 0 Å². The Bertz CT molecular complexity index is 903. The van der Waals surface area contributed by atoms with Gasteiger partial charge in [-0.05, 0) is 61.4 Å². The molecule has 0 bridgehead atoms. The van der Waals surface area contributed by atoms with Crippen molar-refractivity contribution in [1.82, 2.24) is 5.32 Å². The van der Waals surface area contributed by atoms with Crippen LogP contribution in [0.4, 0.5) is 0 Å².